The maximum atomic E-state index is 12.1. The lowest BCUT2D eigenvalue weighted by Gasteiger charge is -2.32. The molecule has 0 radical (unpaired) electrons. The summed E-state index contributed by atoms with van der Waals surface area (Å²) in [6, 6.07) is 13.0. The number of phenolic OH excluding ortho intramolecular Hbond substituents is 1. The van der Waals surface area contributed by atoms with Gasteiger partial charge in [-0.15, -0.1) is 0 Å². The Balaban J connectivity index is 1.46. The van der Waals surface area contributed by atoms with Crippen molar-refractivity contribution in [3.63, 3.8) is 0 Å². The Bertz CT molecular complexity index is 1190. The number of carbonyl (C=O) groups is 1. The van der Waals surface area contributed by atoms with Crippen LogP contribution in [-0.4, -0.2) is 69.6 Å². The third-order valence-electron chi connectivity index (χ3n) is 6.80. The van der Waals surface area contributed by atoms with Crippen molar-refractivity contribution in [2.24, 2.45) is 0 Å². The van der Waals surface area contributed by atoms with Crippen LogP contribution in [0.4, 0.5) is 10.6 Å². The second-order valence-electron chi connectivity index (χ2n) is 9.22. The lowest BCUT2D eigenvalue weighted by atomic mass is 10.1. The summed E-state index contributed by atoms with van der Waals surface area (Å²) < 4.78 is 5.81. The molecule has 1 aromatic heterocycles. The molecule has 2 aliphatic heterocycles. The predicted molar refractivity (Wildman–Crippen MR) is 130 cm³/mol. The van der Waals surface area contributed by atoms with Crippen molar-refractivity contribution in [2.45, 2.75) is 44.8 Å². The zero-order chi connectivity index (χ0) is 23.7. The number of carboxylic acid groups (broad SMARTS) is 1. The monoisotopic (exact) mass is 462 g/mol. The van der Waals surface area contributed by atoms with Crippen LogP contribution in [-0.2, 0) is 4.74 Å². The van der Waals surface area contributed by atoms with Crippen LogP contribution >= 0.6 is 0 Å². The van der Waals surface area contributed by atoms with Gasteiger partial charge in [-0.25, -0.2) is 14.8 Å². The number of aromatic hydroxyl groups is 1. The molecule has 8 heteroatoms. The van der Waals surface area contributed by atoms with Gasteiger partial charge in [0.2, 0.25) is 0 Å². The highest BCUT2D eigenvalue weighted by molar-refractivity contribution is 5.92. The quantitative estimate of drug-likeness (QED) is 0.578. The third kappa shape index (κ3) is 4.50. The van der Waals surface area contributed by atoms with Crippen LogP contribution in [0.1, 0.15) is 31.2 Å². The SMILES string of the molecule is Cc1ccc2c(N3CCC(N(C[C@H]4CCCCO4)C(=O)O)C3)nc(-c3ccccc3O)nc2c1. The molecule has 3 aromatic rings. The van der Waals surface area contributed by atoms with Crippen LogP contribution in [0.5, 0.6) is 5.75 Å². The summed E-state index contributed by atoms with van der Waals surface area (Å²) in [5.74, 6) is 1.36. The summed E-state index contributed by atoms with van der Waals surface area (Å²) in [6.07, 6.45) is 2.81. The van der Waals surface area contributed by atoms with Crippen molar-refractivity contribution in [3.05, 3.63) is 48.0 Å². The van der Waals surface area contributed by atoms with Gasteiger partial charge >= 0.3 is 6.09 Å². The summed E-state index contributed by atoms with van der Waals surface area (Å²) in [5.41, 5.74) is 2.46. The number of fused-ring (bicyclic) bond motifs is 1. The summed E-state index contributed by atoms with van der Waals surface area (Å²) in [4.78, 5) is 25.4. The third-order valence-corrected chi connectivity index (χ3v) is 6.80. The van der Waals surface area contributed by atoms with E-state index < -0.39 is 6.09 Å². The Labute approximate surface area is 198 Å². The first-order chi connectivity index (χ1) is 16.5. The second kappa shape index (κ2) is 9.46. The average molecular weight is 463 g/mol. The van der Waals surface area contributed by atoms with Crippen molar-refractivity contribution < 1.29 is 19.7 Å². The number of ether oxygens (including phenoxy) is 1. The molecule has 2 N–H and O–H groups in total. The highest BCUT2D eigenvalue weighted by atomic mass is 16.5. The number of aromatic nitrogens is 2. The molecule has 2 atom stereocenters. The first kappa shape index (κ1) is 22.4. The van der Waals surface area contributed by atoms with Gasteiger partial charge in [-0.05, 0) is 62.4 Å². The molecular formula is C26H30N4O4. The van der Waals surface area contributed by atoms with Gasteiger partial charge in [-0.3, -0.25) is 0 Å². The van der Waals surface area contributed by atoms with Crippen molar-refractivity contribution in [3.8, 4) is 17.1 Å². The van der Waals surface area contributed by atoms with E-state index in [0.717, 1.165) is 48.0 Å². The van der Waals surface area contributed by atoms with E-state index in [9.17, 15) is 15.0 Å². The highest BCUT2D eigenvalue weighted by Gasteiger charge is 2.34. The number of para-hydroxylation sites is 1. The number of hydrogen-bond donors (Lipinski definition) is 2. The van der Waals surface area contributed by atoms with E-state index in [2.05, 4.69) is 4.90 Å². The van der Waals surface area contributed by atoms with E-state index in [4.69, 9.17) is 14.7 Å². The molecule has 2 aromatic carbocycles. The molecule has 3 heterocycles. The predicted octanol–water partition coefficient (Wildman–Crippen LogP) is 4.44. The van der Waals surface area contributed by atoms with Gasteiger partial charge in [0, 0.05) is 25.1 Å². The number of rotatable bonds is 5. The summed E-state index contributed by atoms with van der Waals surface area (Å²) in [7, 11) is 0. The summed E-state index contributed by atoms with van der Waals surface area (Å²) >= 11 is 0. The molecule has 2 aliphatic rings. The Kier molecular flexibility index (Phi) is 6.24. The molecule has 1 amide bonds. The number of phenols is 1. The Morgan fingerprint density at radius 2 is 2.03 bits per heavy atom. The van der Waals surface area contributed by atoms with E-state index in [1.165, 1.54) is 0 Å². The number of benzene rings is 2. The number of hydrogen-bond acceptors (Lipinski definition) is 6. The zero-order valence-electron chi connectivity index (χ0n) is 19.4. The van der Waals surface area contributed by atoms with Gasteiger partial charge in [0.15, 0.2) is 5.82 Å². The van der Waals surface area contributed by atoms with Crippen molar-refractivity contribution in [2.75, 3.05) is 31.1 Å². The van der Waals surface area contributed by atoms with Gasteiger partial charge in [0.1, 0.15) is 11.6 Å². The van der Waals surface area contributed by atoms with Crippen LogP contribution in [0.2, 0.25) is 0 Å². The van der Waals surface area contributed by atoms with Gasteiger partial charge in [0.05, 0.1) is 29.8 Å². The maximum absolute atomic E-state index is 12.1. The van der Waals surface area contributed by atoms with Crippen LogP contribution in [0.25, 0.3) is 22.3 Å². The van der Waals surface area contributed by atoms with E-state index in [0.29, 0.717) is 37.6 Å². The van der Waals surface area contributed by atoms with Crippen LogP contribution < -0.4 is 4.90 Å². The lowest BCUT2D eigenvalue weighted by molar-refractivity contribution is -0.00879. The molecule has 0 aliphatic carbocycles. The van der Waals surface area contributed by atoms with Gasteiger partial charge in [-0.2, -0.15) is 0 Å². The fourth-order valence-electron chi connectivity index (χ4n) is 4.99. The normalized spacial score (nSPS) is 20.6. The van der Waals surface area contributed by atoms with Crippen molar-refractivity contribution in [1.82, 2.24) is 14.9 Å². The minimum absolute atomic E-state index is 0.0329. The molecule has 5 rings (SSSR count). The van der Waals surface area contributed by atoms with Crippen molar-refractivity contribution in [1.29, 1.82) is 0 Å². The minimum Gasteiger partial charge on any atom is -0.507 e. The highest BCUT2D eigenvalue weighted by Crippen LogP contribution is 2.34. The number of aryl methyl sites for hydroxylation is 1. The van der Waals surface area contributed by atoms with E-state index in [1.807, 2.05) is 31.2 Å². The minimum atomic E-state index is -0.904. The molecular weight excluding hydrogens is 432 g/mol. The van der Waals surface area contributed by atoms with Crippen LogP contribution in [0.15, 0.2) is 42.5 Å². The largest absolute Gasteiger partial charge is 0.507 e. The van der Waals surface area contributed by atoms with Crippen molar-refractivity contribution >= 4 is 22.8 Å². The Morgan fingerprint density at radius 1 is 1.18 bits per heavy atom. The lowest BCUT2D eigenvalue weighted by Crippen LogP contribution is -2.46. The fraction of sp³-hybridized carbons (Fsp3) is 0.423. The molecule has 178 valence electrons. The van der Waals surface area contributed by atoms with Gasteiger partial charge in [0.25, 0.3) is 0 Å². The fourth-order valence-corrected chi connectivity index (χ4v) is 4.99. The zero-order valence-corrected chi connectivity index (χ0v) is 19.4. The van der Waals surface area contributed by atoms with E-state index in [1.54, 1.807) is 23.1 Å². The van der Waals surface area contributed by atoms with E-state index >= 15 is 0 Å². The van der Waals surface area contributed by atoms with Gasteiger partial charge < -0.3 is 24.7 Å². The second-order valence-corrected chi connectivity index (χ2v) is 9.22. The topological polar surface area (TPSA) is 99.0 Å². The molecule has 1 unspecified atom stereocenters. The molecule has 0 bridgehead atoms. The van der Waals surface area contributed by atoms with Crippen LogP contribution in [0.3, 0.4) is 0 Å². The van der Waals surface area contributed by atoms with Gasteiger partial charge in [-0.1, -0.05) is 18.2 Å². The first-order valence-corrected chi connectivity index (χ1v) is 11.9. The molecule has 2 saturated heterocycles. The number of nitrogens with zero attached hydrogens (tertiary/aromatic N) is 4. The molecule has 2 fully saturated rings. The number of amides is 1. The average Bonchev–Trinajstić information content (AvgIpc) is 3.32. The smallest absolute Gasteiger partial charge is 0.407 e. The molecule has 34 heavy (non-hydrogen) atoms. The Morgan fingerprint density at radius 3 is 2.79 bits per heavy atom. The molecule has 0 spiro atoms. The Hall–Kier alpha value is -3.39. The standard InChI is InChI=1S/C26H30N4O4/c1-17-9-10-20-22(14-17)27-24(21-7-2-3-8-23(21)31)28-25(20)29-12-11-18(15-29)30(26(32)33)16-19-6-4-5-13-34-19/h2-3,7-10,14,18-19,31H,4-6,11-13,15-16H2,1H3,(H,32,33)/t18?,19-/m1/s1. The van der Waals surface area contributed by atoms with Crippen LogP contribution in [0, 0.1) is 6.92 Å². The molecule has 0 saturated carbocycles. The number of anilines is 1. The molecule has 8 nitrogen and oxygen atoms in total. The van der Waals surface area contributed by atoms with E-state index in [-0.39, 0.29) is 17.9 Å². The maximum Gasteiger partial charge on any atom is 0.407 e. The first-order valence-electron chi connectivity index (χ1n) is 11.9. The summed E-state index contributed by atoms with van der Waals surface area (Å²) in [5, 5.41) is 21.3. The summed E-state index contributed by atoms with van der Waals surface area (Å²) in [6.45, 7) is 4.38.